The van der Waals surface area contributed by atoms with Crippen LogP contribution in [0.4, 0.5) is 5.69 Å². The second kappa shape index (κ2) is 9.74. The molecule has 1 atom stereocenters. The average molecular weight is 353 g/mol. The first-order valence-corrected chi connectivity index (χ1v) is 9.18. The Labute approximate surface area is 150 Å². The van der Waals surface area contributed by atoms with E-state index < -0.39 is 0 Å². The van der Waals surface area contributed by atoms with Crippen molar-refractivity contribution >= 4 is 23.2 Å². The van der Waals surface area contributed by atoms with E-state index in [0.717, 1.165) is 50.5 Å². The van der Waals surface area contributed by atoms with Gasteiger partial charge < -0.3 is 20.6 Å². The Bertz CT molecular complexity index is 506. The van der Waals surface area contributed by atoms with Crippen molar-refractivity contribution in [3.63, 3.8) is 0 Å². The summed E-state index contributed by atoms with van der Waals surface area (Å²) < 4.78 is 0. The van der Waals surface area contributed by atoms with Gasteiger partial charge in [0.05, 0.1) is 0 Å². The molecule has 2 rings (SSSR count). The highest BCUT2D eigenvalue weighted by Gasteiger charge is 2.18. The molecule has 0 aliphatic carbocycles. The van der Waals surface area contributed by atoms with Crippen LogP contribution in [0.1, 0.15) is 26.2 Å². The van der Waals surface area contributed by atoms with Crippen molar-refractivity contribution in [3.8, 4) is 0 Å². The molecule has 1 heterocycles. The Morgan fingerprint density at radius 3 is 2.46 bits per heavy atom. The molecule has 6 heteroatoms. The van der Waals surface area contributed by atoms with Crippen molar-refractivity contribution in [3.05, 3.63) is 29.3 Å². The second-order valence-electron chi connectivity index (χ2n) is 6.32. The summed E-state index contributed by atoms with van der Waals surface area (Å²) in [6, 6.07) is 7.96. The molecule has 24 heavy (non-hydrogen) atoms. The quantitative estimate of drug-likeness (QED) is 0.584. The van der Waals surface area contributed by atoms with Crippen molar-refractivity contribution in [2.75, 3.05) is 44.2 Å². The summed E-state index contributed by atoms with van der Waals surface area (Å²) in [6.07, 6.45) is 3.00. The molecule has 1 fully saturated rings. The first kappa shape index (κ1) is 18.9. The Kier molecular flexibility index (Phi) is 7.66. The SMILES string of the molecule is CCCC(CCO)CN=C(N)N1CCN(c2ccc(Cl)cc2)CC1. The van der Waals surface area contributed by atoms with Gasteiger partial charge >= 0.3 is 0 Å². The predicted molar refractivity (Wildman–Crippen MR) is 102 cm³/mol. The molecular weight excluding hydrogens is 324 g/mol. The van der Waals surface area contributed by atoms with Gasteiger partial charge in [0.1, 0.15) is 0 Å². The third kappa shape index (κ3) is 5.56. The van der Waals surface area contributed by atoms with Crippen LogP contribution in [-0.2, 0) is 0 Å². The lowest BCUT2D eigenvalue weighted by Gasteiger charge is -2.36. The van der Waals surface area contributed by atoms with E-state index in [1.165, 1.54) is 5.69 Å². The number of aliphatic hydroxyl groups excluding tert-OH is 1. The molecule has 0 amide bonds. The number of hydrogen-bond donors (Lipinski definition) is 2. The van der Waals surface area contributed by atoms with Gasteiger partial charge in [-0.3, -0.25) is 4.99 Å². The maximum atomic E-state index is 9.13. The summed E-state index contributed by atoms with van der Waals surface area (Å²) >= 11 is 5.95. The lowest BCUT2D eigenvalue weighted by Crippen LogP contribution is -2.51. The molecule has 0 bridgehead atoms. The molecule has 1 aliphatic heterocycles. The van der Waals surface area contributed by atoms with Gasteiger partial charge in [0, 0.05) is 50.0 Å². The van der Waals surface area contributed by atoms with Crippen LogP contribution in [0.15, 0.2) is 29.3 Å². The monoisotopic (exact) mass is 352 g/mol. The molecular formula is C18H29ClN4O. The molecule has 3 N–H and O–H groups in total. The van der Waals surface area contributed by atoms with Crippen molar-refractivity contribution in [1.29, 1.82) is 0 Å². The van der Waals surface area contributed by atoms with E-state index in [-0.39, 0.29) is 6.61 Å². The molecule has 1 aromatic rings. The number of guanidine groups is 1. The molecule has 0 aromatic heterocycles. The molecule has 1 unspecified atom stereocenters. The zero-order chi connectivity index (χ0) is 17.4. The van der Waals surface area contributed by atoms with Crippen LogP contribution in [-0.4, -0.2) is 55.3 Å². The molecule has 0 radical (unpaired) electrons. The van der Waals surface area contributed by atoms with Crippen LogP contribution in [0, 0.1) is 5.92 Å². The molecule has 1 aromatic carbocycles. The fourth-order valence-electron chi connectivity index (χ4n) is 3.09. The number of piperazine rings is 1. The second-order valence-corrected chi connectivity index (χ2v) is 6.75. The van der Waals surface area contributed by atoms with Crippen LogP contribution in [0.3, 0.4) is 0 Å². The lowest BCUT2D eigenvalue weighted by atomic mass is 10.0. The Hall–Kier alpha value is -1.46. The Morgan fingerprint density at radius 2 is 1.88 bits per heavy atom. The van der Waals surface area contributed by atoms with E-state index in [4.69, 9.17) is 22.4 Å². The number of halogens is 1. The van der Waals surface area contributed by atoms with Crippen molar-refractivity contribution in [2.24, 2.45) is 16.6 Å². The highest BCUT2D eigenvalue weighted by atomic mass is 35.5. The number of aliphatic imine (C=N–C) groups is 1. The van der Waals surface area contributed by atoms with Gasteiger partial charge in [-0.2, -0.15) is 0 Å². The smallest absolute Gasteiger partial charge is 0.191 e. The number of rotatable bonds is 7. The summed E-state index contributed by atoms with van der Waals surface area (Å²) in [5.41, 5.74) is 7.37. The molecule has 1 saturated heterocycles. The Morgan fingerprint density at radius 1 is 1.21 bits per heavy atom. The van der Waals surface area contributed by atoms with Crippen LogP contribution < -0.4 is 10.6 Å². The zero-order valence-corrected chi connectivity index (χ0v) is 15.3. The minimum absolute atomic E-state index is 0.222. The number of anilines is 1. The van der Waals surface area contributed by atoms with Crippen LogP contribution in [0.25, 0.3) is 0 Å². The van der Waals surface area contributed by atoms with E-state index in [0.29, 0.717) is 18.4 Å². The summed E-state index contributed by atoms with van der Waals surface area (Å²) in [7, 11) is 0. The van der Waals surface area contributed by atoms with Crippen molar-refractivity contribution in [2.45, 2.75) is 26.2 Å². The van der Waals surface area contributed by atoms with Crippen LogP contribution in [0.5, 0.6) is 0 Å². The number of hydrogen-bond acceptors (Lipinski definition) is 3. The van der Waals surface area contributed by atoms with E-state index in [2.05, 4.69) is 33.8 Å². The maximum Gasteiger partial charge on any atom is 0.191 e. The van der Waals surface area contributed by atoms with Gasteiger partial charge in [0.15, 0.2) is 5.96 Å². The molecule has 5 nitrogen and oxygen atoms in total. The van der Waals surface area contributed by atoms with E-state index >= 15 is 0 Å². The van der Waals surface area contributed by atoms with Crippen molar-refractivity contribution in [1.82, 2.24) is 4.90 Å². The predicted octanol–water partition coefficient (Wildman–Crippen LogP) is 2.58. The van der Waals surface area contributed by atoms with Gasteiger partial charge in [-0.05, 0) is 43.0 Å². The van der Waals surface area contributed by atoms with Crippen molar-refractivity contribution < 1.29 is 5.11 Å². The number of nitrogens with zero attached hydrogens (tertiary/aromatic N) is 3. The summed E-state index contributed by atoms with van der Waals surface area (Å²) in [5, 5.41) is 9.89. The lowest BCUT2D eigenvalue weighted by molar-refractivity contribution is 0.253. The van der Waals surface area contributed by atoms with Gasteiger partial charge in [0.2, 0.25) is 0 Å². The minimum Gasteiger partial charge on any atom is -0.396 e. The standard InChI is InChI=1S/C18H29ClN4O/c1-2-3-15(8-13-24)14-21-18(20)23-11-9-22(10-12-23)17-6-4-16(19)5-7-17/h4-7,15,24H,2-3,8-14H2,1H3,(H2,20,21). The van der Waals surface area contributed by atoms with Gasteiger partial charge in [-0.15, -0.1) is 0 Å². The number of aliphatic hydroxyl groups is 1. The molecule has 1 aliphatic rings. The fourth-order valence-corrected chi connectivity index (χ4v) is 3.21. The normalized spacial score (nSPS) is 17.2. The maximum absolute atomic E-state index is 9.13. The third-order valence-electron chi connectivity index (χ3n) is 4.54. The Balaban J connectivity index is 1.84. The highest BCUT2D eigenvalue weighted by Crippen LogP contribution is 2.19. The zero-order valence-electron chi connectivity index (χ0n) is 14.5. The number of benzene rings is 1. The summed E-state index contributed by atoms with van der Waals surface area (Å²) in [5.74, 6) is 1.05. The van der Waals surface area contributed by atoms with Crippen LogP contribution in [0.2, 0.25) is 5.02 Å². The molecule has 0 spiro atoms. The van der Waals surface area contributed by atoms with E-state index in [9.17, 15) is 0 Å². The fraction of sp³-hybridized carbons (Fsp3) is 0.611. The molecule has 134 valence electrons. The topological polar surface area (TPSA) is 65.1 Å². The van der Waals surface area contributed by atoms with Gasteiger partial charge in [0.25, 0.3) is 0 Å². The first-order valence-electron chi connectivity index (χ1n) is 8.80. The van der Waals surface area contributed by atoms with Crippen LogP contribution >= 0.6 is 11.6 Å². The minimum atomic E-state index is 0.222. The first-order chi connectivity index (χ1) is 11.6. The van der Waals surface area contributed by atoms with Gasteiger partial charge in [-0.25, -0.2) is 0 Å². The summed E-state index contributed by atoms with van der Waals surface area (Å²) in [4.78, 5) is 9.05. The van der Waals surface area contributed by atoms with E-state index in [1.54, 1.807) is 0 Å². The highest BCUT2D eigenvalue weighted by molar-refractivity contribution is 6.30. The van der Waals surface area contributed by atoms with E-state index in [1.807, 2.05) is 12.1 Å². The third-order valence-corrected chi connectivity index (χ3v) is 4.79. The summed E-state index contributed by atoms with van der Waals surface area (Å²) in [6.45, 7) is 6.68. The number of nitrogens with two attached hydrogens (primary N) is 1. The van der Waals surface area contributed by atoms with Gasteiger partial charge in [-0.1, -0.05) is 24.9 Å². The average Bonchev–Trinajstić information content (AvgIpc) is 2.60. The molecule has 0 saturated carbocycles. The largest absolute Gasteiger partial charge is 0.396 e.